The monoisotopic (exact) mass is 285 g/mol. The zero-order chi connectivity index (χ0) is 14.1. The molecule has 0 atom stereocenters. The predicted octanol–water partition coefficient (Wildman–Crippen LogP) is 2.89. The lowest BCUT2D eigenvalue weighted by Crippen LogP contribution is -2.21. The molecule has 110 valence electrons. The molecule has 0 aromatic carbocycles. The summed E-state index contributed by atoms with van der Waals surface area (Å²) in [4.78, 5) is 8.06. The van der Waals surface area contributed by atoms with Crippen molar-refractivity contribution in [3.05, 3.63) is 11.1 Å². The minimum atomic E-state index is 0.332. The van der Waals surface area contributed by atoms with Gasteiger partial charge in [-0.15, -0.1) is 11.3 Å². The van der Waals surface area contributed by atoms with Crippen molar-refractivity contribution in [3.63, 3.8) is 0 Å². The van der Waals surface area contributed by atoms with Crippen LogP contribution in [0, 0.1) is 0 Å². The van der Waals surface area contributed by atoms with Crippen molar-refractivity contribution in [1.29, 1.82) is 0 Å². The molecule has 0 aliphatic heterocycles. The molecule has 0 saturated carbocycles. The topological polar surface area (TPSA) is 37.4 Å². The number of hydrogen-bond acceptors (Lipinski definition) is 5. The number of nitrogens with zero attached hydrogens (tertiary/aromatic N) is 2. The van der Waals surface area contributed by atoms with Crippen LogP contribution in [0.3, 0.4) is 0 Å². The van der Waals surface area contributed by atoms with Crippen LogP contribution in [0.15, 0.2) is 6.20 Å². The van der Waals surface area contributed by atoms with Gasteiger partial charge in [-0.2, -0.15) is 0 Å². The standard InChI is InChI=1S/C14H27N3OS/c1-5-17(6-2)14-16-11-13(19-14)10-15-8-7-9-18-12(3)4/h11-12,15H,5-10H2,1-4H3. The molecule has 0 saturated heterocycles. The Bertz CT molecular complexity index is 337. The van der Waals surface area contributed by atoms with Crippen molar-refractivity contribution in [2.75, 3.05) is 31.1 Å². The third-order valence-electron chi connectivity index (χ3n) is 2.82. The first-order valence-corrected chi connectivity index (χ1v) is 8.01. The van der Waals surface area contributed by atoms with E-state index in [-0.39, 0.29) is 0 Å². The molecule has 1 aromatic heterocycles. The highest BCUT2D eigenvalue weighted by Gasteiger charge is 2.07. The maximum Gasteiger partial charge on any atom is 0.185 e. The van der Waals surface area contributed by atoms with Gasteiger partial charge in [-0.3, -0.25) is 0 Å². The van der Waals surface area contributed by atoms with Crippen molar-refractivity contribution < 1.29 is 4.74 Å². The molecule has 5 heteroatoms. The Morgan fingerprint density at radius 1 is 1.37 bits per heavy atom. The lowest BCUT2D eigenvalue weighted by molar-refractivity contribution is 0.0770. The third-order valence-corrected chi connectivity index (χ3v) is 3.88. The van der Waals surface area contributed by atoms with Crippen LogP contribution in [0.2, 0.25) is 0 Å². The molecule has 0 amide bonds. The highest BCUT2D eigenvalue weighted by Crippen LogP contribution is 2.21. The Balaban J connectivity index is 2.19. The maximum atomic E-state index is 5.50. The summed E-state index contributed by atoms with van der Waals surface area (Å²) in [6.07, 6.45) is 3.37. The van der Waals surface area contributed by atoms with Gasteiger partial charge in [0.2, 0.25) is 0 Å². The summed E-state index contributed by atoms with van der Waals surface area (Å²) >= 11 is 1.78. The first kappa shape index (κ1) is 16.4. The highest BCUT2D eigenvalue weighted by molar-refractivity contribution is 7.15. The summed E-state index contributed by atoms with van der Waals surface area (Å²) < 4.78 is 5.50. The fourth-order valence-electron chi connectivity index (χ4n) is 1.75. The average molecular weight is 285 g/mol. The molecule has 0 radical (unpaired) electrons. The third kappa shape index (κ3) is 6.36. The number of nitrogens with one attached hydrogen (secondary N) is 1. The molecule has 1 rings (SSSR count). The Hall–Kier alpha value is -0.650. The summed E-state index contributed by atoms with van der Waals surface area (Å²) in [7, 11) is 0. The van der Waals surface area contributed by atoms with E-state index in [9.17, 15) is 0 Å². The van der Waals surface area contributed by atoms with E-state index in [1.165, 1.54) is 4.88 Å². The van der Waals surface area contributed by atoms with Crippen LogP contribution in [-0.2, 0) is 11.3 Å². The summed E-state index contributed by atoms with van der Waals surface area (Å²) in [5.74, 6) is 0. The molecule has 0 spiro atoms. The van der Waals surface area contributed by atoms with E-state index in [0.717, 1.165) is 44.3 Å². The van der Waals surface area contributed by atoms with Gasteiger partial charge in [0, 0.05) is 37.3 Å². The number of thiazole rings is 1. The van der Waals surface area contributed by atoms with Crippen LogP contribution in [-0.4, -0.2) is 37.3 Å². The molecule has 0 unspecified atom stereocenters. The van der Waals surface area contributed by atoms with Gasteiger partial charge in [0.05, 0.1) is 6.10 Å². The molecule has 1 aromatic rings. The molecule has 1 N–H and O–H groups in total. The van der Waals surface area contributed by atoms with Crippen molar-refractivity contribution in [1.82, 2.24) is 10.3 Å². The van der Waals surface area contributed by atoms with Crippen molar-refractivity contribution in [3.8, 4) is 0 Å². The zero-order valence-corrected chi connectivity index (χ0v) is 13.4. The average Bonchev–Trinajstić information content (AvgIpc) is 2.83. The van der Waals surface area contributed by atoms with Gasteiger partial charge in [0.25, 0.3) is 0 Å². The Labute approximate surface area is 121 Å². The molecule has 4 nitrogen and oxygen atoms in total. The summed E-state index contributed by atoms with van der Waals surface area (Å²) in [6.45, 7) is 13.2. The van der Waals surface area contributed by atoms with E-state index >= 15 is 0 Å². The van der Waals surface area contributed by atoms with E-state index in [0.29, 0.717) is 6.10 Å². The fraction of sp³-hybridized carbons (Fsp3) is 0.786. The van der Waals surface area contributed by atoms with Gasteiger partial charge in [0.15, 0.2) is 5.13 Å². The second-order valence-corrected chi connectivity index (χ2v) is 5.82. The van der Waals surface area contributed by atoms with Gasteiger partial charge < -0.3 is 15.0 Å². The van der Waals surface area contributed by atoms with Gasteiger partial charge in [-0.1, -0.05) is 0 Å². The zero-order valence-electron chi connectivity index (χ0n) is 12.6. The summed E-state index contributed by atoms with van der Waals surface area (Å²) in [5, 5.41) is 4.57. The fourth-order valence-corrected chi connectivity index (χ4v) is 2.75. The van der Waals surface area contributed by atoms with E-state index in [1.54, 1.807) is 11.3 Å². The highest BCUT2D eigenvalue weighted by atomic mass is 32.1. The van der Waals surface area contributed by atoms with Crippen LogP contribution in [0.5, 0.6) is 0 Å². The number of aromatic nitrogens is 1. The van der Waals surface area contributed by atoms with E-state index in [1.807, 2.05) is 6.20 Å². The lowest BCUT2D eigenvalue weighted by Gasteiger charge is -2.16. The minimum Gasteiger partial charge on any atom is -0.379 e. The Morgan fingerprint density at radius 3 is 2.74 bits per heavy atom. The lowest BCUT2D eigenvalue weighted by atomic mass is 10.4. The molecule has 0 aliphatic carbocycles. The predicted molar refractivity (Wildman–Crippen MR) is 83.1 cm³/mol. The normalized spacial score (nSPS) is 11.2. The van der Waals surface area contributed by atoms with Crippen molar-refractivity contribution in [2.45, 2.75) is 46.8 Å². The molecule has 0 bridgehead atoms. The molecule has 0 aliphatic rings. The Kier molecular flexibility index (Phi) is 8.02. The SMILES string of the molecule is CCN(CC)c1ncc(CNCCCOC(C)C)s1. The van der Waals surface area contributed by atoms with Crippen LogP contribution < -0.4 is 10.2 Å². The first-order valence-electron chi connectivity index (χ1n) is 7.19. The van der Waals surface area contributed by atoms with Gasteiger partial charge in [-0.25, -0.2) is 4.98 Å². The molecular weight excluding hydrogens is 258 g/mol. The van der Waals surface area contributed by atoms with Gasteiger partial charge in [-0.05, 0) is 40.7 Å². The van der Waals surface area contributed by atoms with Crippen LogP contribution in [0.25, 0.3) is 0 Å². The van der Waals surface area contributed by atoms with Crippen LogP contribution >= 0.6 is 11.3 Å². The largest absolute Gasteiger partial charge is 0.379 e. The minimum absolute atomic E-state index is 0.332. The molecule has 1 heterocycles. The van der Waals surface area contributed by atoms with Crippen molar-refractivity contribution in [2.24, 2.45) is 0 Å². The number of anilines is 1. The number of hydrogen-bond donors (Lipinski definition) is 1. The van der Waals surface area contributed by atoms with E-state index in [2.05, 4.69) is 42.9 Å². The Morgan fingerprint density at radius 2 is 2.11 bits per heavy atom. The first-order chi connectivity index (χ1) is 9.17. The number of ether oxygens (including phenoxy) is 1. The quantitative estimate of drug-likeness (QED) is 0.671. The van der Waals surface area contributed by atoms with Gasteiger partial charge >= 0.3 is 0 Å². The summed E-state index contributed by atoms with van der Waals surface area (Å²) in [5.41, 5.74) is 0. The number of rotatable bonds is 10. The maximum absolute atomic E-state index is 5.50. The van der Waals surface area contributed by atoms with Crippen LogP contribution in [0.4, 0.5) is 5.13 Å². The van der Waals surface area contributed by atoms with Crippen LogP contribution in [0.1, 0.15) is 39.0 Å². The smallest absolute Gasteiger partial charge is 0.185 e. The van der Waals surface area contributed by atoms with Gasteiger partial charge in [0.1, 0.15) is 0 Å². The molecule has 0 fully saturated rings. The van der Waals surface area contributed by atoms with E-state index in [4.69, 9.17) is 4.74 Å². The van der Waals surface area contributed by atoms with Crippen molar-refractivity contribution >= 4 is 16.5 Å². The second kappa shape index (κ2) is 9.28. The van der Waals surface area contributed by atoms with E-state index < -0.39 is 0 Å². The summed E-state index contributed by atoms with van der Waals surface area (Å²) in [6, 6.07) is 0. The molecular formula is C14H27N3OS. The second-order valence-electron chi connectivity index (χ2n) is 4.73. The molecule has 19 heavy (non-hydrogen) atoms.